The SMILES string of the molecule is CC(C)(C)OC(=O)N1CCC=C(c2cc3cc(C=O)cc(B4OC(C)(C)C(C)(C)O4)c3n2CC2CC2)C1. The number of fused-ring (bicyclic) bond motifs is 1. The summed E-state index contributed by atoms with van der Waals surface area (Å²) in [5.41, 5.74) is 3.18. The molecule has 0 N–H and O–H groups in total. The molecule has 0 bridgehead atoms. The molecular formula is C29H39BN2O5. The Morgan fingerprint density at radius 3 is 2.41 bits per heavy atom. The molecule has 2 fully saturated rings. The van der Waals surface area contributed by atoms with E-state index in [1.54, 1.807) is 4.90 Å². The standard InChI is InChI=1S/C29H39BN2O5/c1-27(2,3)35-26(34)31-12-8-9-21(17-31)24-15-22-13-20(18-33)14-23(25(22)32(24)16-19-10-11-19)30-36-28(4,5)29(6,7)37-30/h9,13-15,18-19H,8,10-12,16-17H2,1-7H3. The number of hydrogen-bond acceptors (Lipinski definition) is 5. The second-order valence-electron chi connectivity index (χ2n) is 12.8. The second-order valence-corrected chi connectivity index (χ2v) is 12.8. The fourth-order valence-corrected chi connectivity index (χ4v) is 5.12. The Hall–Kier alpha value is -2.58. The molecule has 5 rings (SSSR count). The number of ether oxygens (including phenoxy) is 1. The molecule has 0 atom stereocenters. The lowest BCUT2D eigenvalue weighted by molar-refractivity contribution is 0.00578. The first-order valence-electron chi connectivity index (χ1n) is 13.4. The van der Waals surface area contributed by atoms with Crippen LogP contribution in [0.4, 0.5) is 4.79 Å². The normalized spacial score (nSPS) is 21.3. The number of nitrogens with zero attached hydrogens (tertiary/aromatic N) is 2. The smallest absolute Gasteiger partial charge is 0.444 e. The van der Waals surface area contributed by atoms with Crippen LogP contribution in [0.25, 0.3) is 16.5 Å². The Balaban J connectivity index is 1.59. The quantitative estimate of drug-likeness (QED) is 0.413. The topological polar surface area (TPSA) is 70.0 Å². The minimum absolute atomic E-state index is 0.288. The predicted octanol–water partition coefficient (Wildman–Crippen LogP) is 5.19. The summed E-state index contributed by atoms with van der Waals surface area (Å²) >= 11 is 0. The van der Waals surface area contributed by atoms with Crippen molar-refractivity contribution >= 4 is 41.4 Å². The van der Waals surface area contributed by atoms with Gasteiger partial charge in [-0.1, -0.05) is 6.08 Å². The first kappa shape index (κ1) is 26.0. The number of carbonyl (C=O) groups excluding carboxylic acids is 2. The number of rotatable bonds is 5. The van der Waals surface area contributed by atoms with Gasteiger partial charge in [-0.15, -0.1) is 0 Å². The summed E-state index contributed by atoms with van der Waals surface area (Å²) in [4.78, 5) is 26.6. The number of aldehydes is 1. The molecule has 8 heteroatoms. The molecule has 1 aromatic heterocycles. The molecular weight excluding hydrogens is 467 g/mol. The molecule has 2 aromatic rings. The van der Waals surface area contributed by atoms with Gasteiger partial charge in [-0.25, -0.2) is 4.79 Å². The zero-order chi connectivity index (χ0) is 26.8. The molecule has 0 unspecified atom stereocenters. The Morgan fingerprint density at radius 2 is 1.81 bits per heavy atom. The third-order valence-electron chi connectivity index (χ3n) is 7.96. The molecule has 7 nitrogen and oxygen atoms in total. The van der Waals surface area contributed by atoms with Gasteiger partial charge in [-0.05, 0) is 97.4 Å². The van der Waals surface area contributed by atoms with Crippen molar-refractivity contribution in [1.82, 2.24) is 9.47 Å². The van der Waals surface area contributed by atoms with Gasteiger partial charge in [0.05, 0.1) is 17.7 Å². The van der Waals surface area contributed by atoms with Crippen molar-refractivity contribution < 1.29 is 23.6 Å². The molecule has 3 heterocycles. The van der Waals surface area contributed by atoms with E-state index >= 15 is 0 Å². The summed E-state index contributed by atoms with van der Waals surface area (Å²) < 4.78 is 20.9. The maximum atomic E-state index is 12.9. The lowest BCUT2D eigenvalue weighted by atomic mass is 9.77. The van der Waals surface area contributed by atoms with Crippen molar-refractivity contribution in [2.24, 2.45) is 5.92 Å². The van der Waals surface area contributed by atoms with Crippen LogP contribution in [0.5, 0.6) is 0 Å². The number of aromatic nitrogens is 1. The number of benzene rings is 1. The van der Waals surface area contributed by atoms with Gasteiger partial charge < -0.3 is 23.5 Å². The van der Waals surface area contributed by atoms with Crippen molar-refractivity contribution in [3.63, 3.8) is 0 Å². The van der Waals surface area contributed by atoms with Crippen LogP contribution in [0.15, 0.2) is 24.3 Å². The van der Waals surface area contributed by atoms with Crippen LogP contribution in [0, 0.1) is 5.92 Å². The molecule has 2 aliphatic heterocycles. The van der Waals surface area contributed by atoms with Crippen molar-refractivity contribution in [3.05, 3.63) is 35.5 Å². The molecule has 1 saturated carbocycles. The first-order valence-corrected chi connectivity index (χ1v) is 13.4. The summed E-state index contributed by atoms with van der Waals surface area (Å²) in [6, 6.07) is 6.01. The van der Waals surface area contributed by atoms with E-state index in [0.29, 0.717) is 24.6 Å². The van der Waals surface area contributed by atoms with Crippen molar-refractivity contribution in [1.29, 1.82) is 0 Å². The molecule has 1 aliphatic carbocycles. The van der Waals surface area contributed by atoms with Crippen molar-refractivity contribution in [2.75, 3.05) is 13.1 Å². The summed E-state index contributed by atoms with van der Waals surface area (Å²) in [6.45, 7) is 15.8. The van der Waals surface area contributed by atoms with E-state index in [1.807, 2.05) is 60.6 Å². The van der Waals surface area contributed by atoms with Gasteiger partial charge >= 0.3 is 13.2 Å². The monoisotopic (exact) mass is 506 g/mol. The Morgan fingerprint density at radius 1 is 1.14 bits per heavy atom. The lowest BCUT2D eigenvalue weighted by Crippen LogP contribution is -2.41. The first-order chi connectivity index (χ1) is 17.3. The summed E-state index contributed by atoms with van der Waals surface area (Å²) in [6.07, 6.45) is 6.01. The predicted molar refractivity (Wildman–Crippen MR) is 146 cm³/mol. The number of carbonyl (C=O) groups is 2. The largest absolute Gasteiger partial charge is 0.497 e. The van der Waals surface area contributed by atoms with Crippen LogP contribution in [0.1, 0.15) is 83.8 Å². The Kier molecular flexibility index (Phi) is 6.35. The van der Waals surface area contributed by atoms with Gasteiger partial charge in [0.2, 0.25) is 0 Å². The van der Waals surface area contributed by atoms with E-state index in [1.165, 1.54) is 12.8 Å². The highest BCUT2D eigenvalue weighted by Gasteiger charge is 2.52. The molecule has 0 spiro atoms. The lowest BCUT2D eigenvalue weighted by Gasteiger charge is -2.32. The van der Waals surface area contributed by atoms with Gasteiger partial charge in [0.15, 0.2) is 0 Å². The highest BCUT2D eigenvalue weighted by atomic mass is 16.7. The van der Waals surface area contributed by atoms with E-state index in [9.17, 15) is 9.59 Å². The van der Waals surface area contributed by atoms with Crippen molar-refractivity contribution in [2.45, 2.75) is 91.1 Å². The average molecular weight is 506 g/mol. The van der Waals surface area contributed by atoms with Crippen LogP contribution in [0.2, 0.25) is 0 Å². The average Bonchev–Trinajstić information content (AvgIpc) is 3.50. The van der Waals surface area contributed by atoms with Crippen LogP contribution in [-0.4, -0.2) is 58.9 Å². The number of hydrogen-bond donors (Lipinski definition) is 0. The molecule has 1 saturated heterocycles. The van der Waals surface area contributed by atoms with Crippen LogP contribution >= 0.6 is 0 Å². The second kappa shape index (κ2) is 9.02. The number of amides is 1. The summed E-state index contributed by atoms with van der Waals surface area (Å²) in [5.74, 6) is 0.623. The zero-order valence-electron chi connectivity index (χ0n) is 23.2. The van der Waals surface area contributed by atoms with Crippen LogP contribution in [-0.2, 0) is 20.6 Å². The minimum Gasteiger partial charge on any atom is -0.444 e. The van der Waals surface area contributed by atoms with Crippen molar-refractivity contribution in [3.8, 4) is 0 Å². The third-order valence-corrected chi connectivity index (χ3v) is 7.96. The van der Waals surface area contributed by atoms with Crippen LogP contribution in [0.3, 0.4) is 0 Å². The van der Waals surface area contributed by atoms with Gasteiger partial charge in [-0.3, -0.25) is 4.79 Å². The minimum atomic E-state index is -0.577. The Labute approximate surface area is 220 Å². The maximum Gasteiger partial charge on any atom is 0.497 e. The highest BCUT2D eigenvalue weighted by molar-refractivity contribution is 6.65. The zero-order valence-corrected chi connectivity index (χ0v) is 23.2. The van der Waals surface area contributed by atoms with Gasteiger partial charge in [0.1, 0.15) is 11.9 Å². The van der Waals surface area contributed by atoms with E-state index in [-0.39, 0.29) is 6.09 Å². The van der Waals surface area contributed by atoms with Crippen LogP contribution < -0.4 is 5.46 Å². The van der Waals surface area contributed by atoms with Gasteiger partial charge in [0.25, 0.3) is 0 Å². The Bertz CT molecular complexity index is 1250. The molecule has 37 heavy (non-hydrogen) atoms. The molecule has 3 aliphatic rings. The van der Waals surface area contributed by atoms with E-state index in [4.69, 9.17) is 14.0 Å². The third kappa shape index (κ3) is 5.10. The molecule has 0 radical (unpaired) electrons. The van der Waals surface area contributed by atoms with E-state index in [0.717, 1.165) is 46.9 Å². The highest BCUT2D eigenvalue weighted by Crippen LogP contribution is 2.39. The molecule has 198 valence electrons. The fraction of sp³-hybridized carbons (Fsp3) is 0.586. The molecule has 1 amide bonds. The summed E-state index contributed by atoms with van der Waals surface area (Å²) in [5, 5.41) is 0.986. The molecule has 1 aromatic carbocycles. The summed E-state index contributed by atoms with van der Waals surface area (Å²) in [7, 11) is -0.577. The fourth-order valence-electron chi connectivity index (χ4n) is 5.12. The van der Waals surface area contributed by atoms with Gasteiger partial charge in [-0.2, -0.15) is 0 Å². The maximum absolute atomic E-state index is 12.9. The van der Waals surface area contributed by atoms with E-state index in [2.05, 4.69) is 16.7 Å². The van der Waals surface area contributed by atoms with E-state index < -0.39 is 23.9 Å². The van der Waals surface area contributed by atoms with Gasteiger partial charge in [0, 0.05) is 40.7 Å².